The lowest BCUT2D eigenvalue weighted by molar-refractivity contribution is -0.144. The third-order valence-corrected chi connectivity index (χ3v) is 10.5. The number of ether oxygens (including phenoxy) is 3. The van der Waals surface area contributed by atoms with Gasteiger partial charge in [0, 0.05) is 24.5 Å². The second-order valence-corrected chi connectivity index (χ2v) is 13.6. The number of amidine groups is 1. The fraction of sp³-hybridized carbons (Fsp3) is 0.457. The summed E-state index contributed by atoms with van der Waals surface area (Å²) in [5.41, 5.74) is 0.629. The van der Waals surface area contributed by atoms with Gasteiger partial charge in [-0.15, -0.1) is 10.6 Å². The molecule has 0 aromatic heterocycles. The number of hydrogen-bond acceptors (Lipinski definition) is 8. The Morgan fingerprint density at radius 2 is 1.57 bits per heavy atom. The molecule has 5 atom stereocenters. The van der Waals surface area contributed by atoms with E-state index in [1.165, 1.54) is 12.1 Å². The van der Waals surface area contributed by atoms with E-state index in [0.29, 0.717) is 24.3 Å². The molecule has 0 aliphatic carbocycles. The number of hydrogen-bond donors (Lipinski definition) is 2. The molecular weight excluding hydrogens is 798 g/mol. The molecule has 3 aliphatic heterocycles. The maximum atomic E-state index is 18.3. The van der Waals surface area contributed by atoms with E-state index < -0.39 is 52.9 Å². The Bertz CT molecular complexity index is 1640. The first-order valence-corrected chi connectivity index (χ1v) is 17.8. The number of nitrogens with one attached hydrogen (secondary N) is 2. The predicted octanol–water partition coefficient (Wildman–Crippen LogP) is 7.52. The molecule has 2 bridgehead atoms. The molecule has 276 valence electrons. The maximum absolute atomic E-state index is 18.3. The first kappa shape index (κ1) is 37.7. The van der Waals surface area contributed by atoms with Crippen molar-refractivity contribution in [1.29, 1.82) is 0 Å². The van der Waals surface area contributed by atoms with Gasteiger partial charge in [0.1, 0.15) is 6.73 Å². The van der Waals surface area contributed by atoms with Gasteiger partial charge in [-0.25, -0.2) is 14.9 Å². The largest absolute Gasteiger partial charge is 0.416 e. The smallest absolute Gasteiger partial charge is 0.382 e. The number of hydrazine groups is 2. The third kappa shape index (κ3) is 7.58. The average molecular weight is 836 g/mol. The molecule has 8 nitrogen and oxygen atoms in total. The molecule has 0 saturated carbocycles. The van der Waals surface area contributed by atoms with Crippen LogP contribution in [0.3, 0.4) is 0 Å². The Kier molecular flexibility index (Phi) is 11.2. The molecule has 0 radical (unpaired) electrons. The molecule has 3 aromatic carbocycles. The highest BCUT2D eigenvalue weighted by Gasteiger charge is 2.69. The van der Waals surface area contributed by atoms with E-state index in [1.807, 2.05) is 88.2 Å². The maximum Gasteiger partial charge on any atom is 0.416 e. The summed E-state index contributed by atoms with van der Waals surface area (Å²) in [5, 5.41) is 5.77. The first-order valence-electron chi connectivity index (χ1n) is 16.3. The molecule has 0 amide bonds. The van der Waals surface area contributed by atoms with E-state index >= 15 is 4.39 Å². The Hall–Kier alpha value is -3.03. The highest BCUT2D eigenvalue weighted by molar-refractivity contribution is 14.1. The van der Waals surface area contributed by atoms with Crippen molar-refractivity contribution >= 4 is 28.4 Å². The van der Waals surface area contributed by atoms with Crippen molar-refractivity contribution in [2.75, 3.05) is 31.5 Å². The molecule has 3 aromatic rings. The zero-order valence-electron chi connectivity index (χ0n) is 27.5. The fourth-order valence-corrected chi connectivity index (χ4v) is 8.23. The number of benzene rings is 3. The predicted molar refractivity (Wildman–Crippen MR) is 183 cm³/mol. The molecule has 3 aliphatic rings. The van der Waals surface area contributed by atoms with Crippen LogP contribution in [0.2, 0.25) is 0 Å². The van der Waals surface area contributed by atoms with E-state index in [4.69, 9.17) is 14.2 Å². The van der Waals surface area contributed by atoms with Gasteiger partial charge in [-0.2, -0.15) is 26.3 Å². The molecule has 6 rings (SSSR count). The average Bonchev–Trinajstić information content (AvgIpc) is 3.65. The monoisotopic (exact) mass is 835 g/mol. The summed E-state index contributed by atoms with van der Waals surface area (Å²) in [6.07, 6.45) is -11.7. The minimum atomic E-state index is -5.02. The van der Waals surface area contributed by atoms with Crippen LogP contribution in [0.5, 0.6) is 0 Å². The normalized spacial score (nSPS) is 25.9. The van der Waals surface area contributed by atoms with Crippen LogP contribution in [0.15, 0.2) is 84.0 Å². The minimum Gasteiger partial charge on any atom is -0.382 e. The summed E-state index contributed by atoms with van der Waals surface area (Å²) in [6, 6.07) is 19.4. The summed E-state index contributed by atoms with van der Waals surface area (Å²) in [4.78, 5) is 2.04. The lowest BCUT2D eigenvalue weighted by Crippen LogP contribution is -2.58. The van der Waals surface area contributed by atoms with E-state index in [0.717, 1.165) is 5.56 Å². The zero-order valence-corrected chi connectivity index (χ0v) is 29.6. The van der Waals surface area contributed by atoms with Crippen LogP contribution in [-0.2, 0) is 38.6 Å². The van der Waals surface area contributed by atoms with Crippen molar-refractivity contribution < 1.29 is 44.9 Å². The quantitative estimate of drug-likeness (QED) is 0.0800. The van der Waals surface area contributed by atoms with Gasteiger partial charge in [-0.1, -0.05) is 83.3 Å². The minimum absolute atomic E-state index is 0.0355. The van der Waals surface area contributed by atoms with Crippen molar-refractivity contribution in [3.63, 3.8) is 0 Å². The number of hydrazone groups is 1. The Morgan fingerprint density at radius 3 is 2.18 bits per heavy atom. The van der Waals surface area contributed by atoms with Crippen LogP contribution < -0.4 is 11.1 Å². The Balaban J connectivity index is 1.45. The van der Waals surface area contributed by atoms with Gasteiger partial charge < -0.3 is 14.2 Å². The molecular formula is C35H37F7IN5O3. The number of halogens is 8. The van der Waals surface area contributed by atoms with Crippen molar-refractivity contribution in [2.24, 2.45) is 5.10 Å². The first-order chi connectivity index (χ1) is 24.3. The van der Waals surface area contributed by atoms with Gasteiger partial charge in [-0.05, 0) is 47.7 Å². The lowest BCUT2D eigenvalue weighted by Gasteiger charge is -2.50. The van der Waals surface area contributed by atoms with E-state index in [1.54, 1.807) is 0 Å². The van der Waals surface area contributed by atoms with Crippen LogP contribution >= 0.6 is 22.6 Å². The number of alkyl halides is 8. The molecule has 0 spiro atoms. The number of rotatable bonds is 13. The van der Waals surface area contributed by atoms with Gasteiger partial charge in [0.15, 0.2) is 11.5 Å². The molecule has 4 unspecified atom stereocenters. The topological polar surface area (TPSA) is 70.6 Å². The molecule has 2 N–H and O–H groups in total. The summed E-state index contributed by atoms with van der Waals surface area (Å²) in [6.45, 7) is 0.796. The molecule has 2 saturated heterocycles. The molecule has 2 fully saturated rings. The Labute approximate surface area is 304 Å². The van der Waals surface area contributed by atoms with Crippen molar-refractivity contribution in [1.82, 2.24) is 21.0 Å². The fourth-order valence-electron chi connectivity index (χ4n) is 7.52. The number of nitrogens with zero attached hydrogens (tertiary/aromatic N) is 3. The van der Waals surface area contributed by atoms with Crippen molar-refractivity contribution in [3.8, 4) is 0 Å². The highest BCUT2D eigenvalue weighted by Crippen LogP contribution is 2.59. The third-order valence-electron chi connectivity index (χ3n) is 9.72. The number of piperidine rings is 1. The molecule has 51 heavy (non-hydrogen) atoms. The van der Waals surface area contributed by atoms with Crippen LogP contribution in [0.25, 0.3) is 0 Å². The van der Waals surface area contributed by atoms with Gasteiger partial charge >= 0.3 is 12.4 Å². The van der Waals surface area contributed by atoms with Crippen LogP contribution in [0, 0.1) is 0 Å². The molecule has 16 heteroatoms. The highest BCUT2D eigenvalue weighted by atomic mass is 127. The standard InChI is InChI=1S/C35H37F7IN5O3/c1-49-14-15-50-22-48-31(44-45-46-48)32(36)21-33(25-10-6-3-7-11-25)30(13-12-29(32)47(33)20-23-8-4-2-5-9-23)51-28(19-43)24-16-26(34(37,38)39)18-27(17-24)35(40,41)42/h2-11,16-18,28-30,45-46H,12-15,19-22H2,1H3/t28-,29?,30?,32?,33?/m0/s1. The van der Waals surface area contributed by atoms with Gasteiger partial charge in [0.2, 0.25) is 0 Å². The van der Waals surface area contributed by atoms with E-state index in [-0.39, 0.29) is 61.0 Å². The van der Waals surface area contributed by atoms with Crippen molar-refractivity contribution in [3.05, 3.63) is 107 Å². The summed E-state index contributed by atoms with van der Waals surface area (Å²) in [5.74, 6) is 0.0552. The number of methoxy groups -OCH3 is 1. The van der Waals surface area contributed by atoms with Gasteiger partial charge in [0.05, 0.1) is 48.1 Å². The number of fused-ring (bicyclic) bond motifs is 2. The lowest BCUT2D eigenvalue weighted by atomic mass is 9.77. The van der Waals surface area contributed by atoms with Gasteiger partial charge in [0.25, 0.3) is 0 Å². The van der Waals surface area contributed by atoms with E-state index in [2.05, 4.69) is 16.2 Å². The Morgan fingerprint density at radius 1 is 0.922 bits per heavy atom. The second-order valence-electron chi connectivity index (χ2n) is 12.8. The summed E-state index contributed by atoms with van der Waals surface area (Å²) in [7, 11) is 1.54. The van der Waals surface area contributed by atoms with E-state index in [9.17, 15) is 26.3 Å². The second kappa shape index (κ2) is 15.1. The van der Waals surface area contributed by atoms with Gasteiger partial charge in [-0.3, -0.25) is 4.90 Å². The summed E-state index contributed by atoms with van der Waals surface area (Å²) < 4.78 is 119. The van der Waals surface area contributed by atoms with Crippen LogP contribution in [0.4, 0.5) is 30.7 Å². The summed E-state index contributed by atoms with van der Waals surface area (Å²) >= 11 is 1.91. The van der Waals surface area contributed by atoms with Crippen molar-refractivity contribution in [2.45, 2.75) is 67.6 Å². The SMILES string of the molecule is COCCOCN1NNN=C1C1(F)CC2(c3ccccc3)C(O[C@@H](CI)c3cc(C(F)(F)F)cc(C(F)(F)F)c3)CCC1N2Cc1ccccc1. The zero-order chi connectivity index (χ0) is 36.4. The van der Waals surface area contributed by atoms with Crippen LogP contribution in [-0.4, -0.2) is 65.0 Å². The molecule has 3 heterocycles. The van der Waals surface area contributed by atoms with Crippen LogP contribution in [0.1, 0.15) is 53.2 Å².